The fraction of sp³-hybridized carbons (Fsp3) is 0.769. The molecule has 0 saturated carbocycles. The van der Waals surface area contributed by atoms with E-state index in [1.165, 1.54) is 18.9 Å². The molecule has 0 spiro atoms. The van der Waals surface area contributed by atoms with Gasteiger partial charge in [0.1, 0.15) is 12.3 Å². The number of ketones is 1. The van der Waals surface area contributed by atoms with Crippen LogP contribution in [0.1, 0.15) is 40.0 Å². The van der Waals surface area contributed by atoms with Crippen molar-refractivity contribution in [3.63, 3.8) is 0 Å². The van der Waals surface area contributed by atoms with Crippen LogP contribution in [0.2, 0.25) is 0 Å². The van der Waals surface area contributed by atoms with Gasteiger partial charge in [0.25, 0.3) is 0 Å². The first-order valence-corrected chi connectivity index (χ1v) is 6.28. The van der Waals surface area contributed by atoms with Crippen LogP contribution in [0.15, 0.2) is 0 Å². The first kappa shape index (κ1) is 16.6. The summed E-state index contributed by atoms with van der Waals surface area (Å²) in [5, 5.41) is 0. The van der Waals surface area contributed by atoms with E-state index in [9.17, 15) is 14.4 Å². The Morgan fingerprint density at radius 2 is 1.72 bits per heavy atom. The third-order valence-electron chi connectivity index (χ3n) is 2.93. The van der Waals surface area contributed by atoms with Crippen molar-refractivity contribution < 1.29 is 19.1 Å². The van der Waals surface area contributed by atoms with Gasteiger partial charge in [-0.3, -0.25) is 14.4 Å². The van der Waals surface area contributed by atoms with E-state index in [0.717, 1.165) is 12.8 Å². The van der Waals surface area contributed by atoms with Gasteiger partial charge < -0.3 is 9.64 Å². The summed E-state index contributed by atoms with van der Waals surface area (Å²) in [5.74, 6) is -0.623. The van der Waals surface area contributed by atoms with Gasteiger partial charge in [0.15, 0.2) is 0 Å². The normalized spacial score (nSPS) is 10.3. The maximum absolute atomic E-state index is 11.9. The molecule has 0 aromatic carbocycles. The number of methoxy groups -OCH3 is 1. The Bertz CT molecular complexity index is 297. The topological polar surface area (TPSA) is 63.7 Å². The summed E-state index contributed by atoms with van der Waals surface area (Å²) in [5.41, 5.74) is 0. The molecule has 0 saturated heterocycles. The van der Waals surface area contributed by atoms with E-state index in [1.54, 1.807) is 0 Å². The van der Waals surface area contributed by atoms with Crippen molar-refractivity contribution in [2.24, 2.45) is 5.92 Å². The number of nitrogens with zero attached hydrogens (tertiary/aromatic N) is 1. The number of carbonyl (C=O) groups excluding carboxylic acids is 3. The molecule has 0 rings (SSSR count). The van der Waals surface area contributed by atoms with Crippen molar-refractivity contribution in [1.82, 2.24) is 4.90 Å². The lowest BCUT2D eigenvalue weighted by atomic mass is 10.0. The Morgan fingerprint density at radius 3 is 2.11 bits per heavy atom. The molecule has 0 aliphatic heterocycles. The summed E-state index contributed by atoms with van der Waals surface area (Å²) in [4.78, 5) is 35.5. The molecule has 0 fully saturated rings. The third-order valence-corrected chi connectivity index (χ3v) is 2.93. The predicted molar refractivity (Wildman–Crippen MR) is 68.0 cm³/mol. The van der Waals surface area contributed by atoms with Crippen LogP contribution >= 0.6 is 0 Å². The molecule has 18 heavy (non-hydrogen) atoms. The average molecular weight is 257 g/mol. The molecule has 0 heterocycles. The number of rotatable bonds is 8. The summed E-state index contributed by atoms with van der Waals surface area (Å²) in [6.45, 7) is 5.86. The van der Waals surface area contributed by atoms with Crippen LogP contribution in [0.3, 0.4) is 0 Å². The lowest BCUT2D eigenvalue weighted by Crippen LogP contribution is -2.40. The molecule has 104 valence electrons. The minimum atomic E-state index is -0.460. The number of hydrogen-bond acceptors (Lipinski definition) is 4. The minimum Gasteiger partial charge on any atom is -0.468 e. The zero-order valence-corrected chi connectivity index (χ0v) is 11.7. The number of carbonyl (C=O) groups is 3. The highest BCUT2D eigenvalue weighted by atomic mass is 16.5. The molecule has 0 atom stereocenters. The molecular formula is C13H23NO4. The van der Waals surface area contributed by atoms with Gasteiger partial charge in [0, 0.05) is 6.54 Å². The quantitative estimate of drug-likeness (QED) is 0.487. The number of Topliss-reactive ketones (excluding diaryl/α,β-unsaturated/α-hetero) is 1. The zero-order chi connectivity index (χ0) is 14.1. The van der Waals surface area contributed by atoms with Gasteiger partial charge in [0.2, 0.25) is 5.91 Å². The van der Waals surface area contributed by atoms with Crippen molar-refractivity contribution in [3.8, 4) is 0 Å². The minimum absolute atomic E-state index is 0.0842. The number of ether oxygens (including phenoxy) is 1. The first-order chi connectivity index (χ1) is 8.44. The summed E-state index contributed by atoms with van der Waals surface area (Å²) in [6.07, 6.45) is 1.71. The molecule has 0 aliphatic carbocycles. The molecule has 5 nitrogen and oxygen atoms in total. The Labute approximate surface area is 108 Å². The summed E-state index contributed by atoms with van der Waals surface area (Å²) < 4.78 is 4.57. The Kier molecular flexibility index (Phi) is 8.00. The smallest absolute Gasteiger partial charge is 0.325 e. The van der Waals surface area contributed by atoms with Crippen LogP contribution in [-0.4, -0.2) is 42.8 Å². The SMILES string of the molecule is CCC(CC)CN(CC(=O)OC)C(=O)CC(C)=O. The zero-order valence-electron chi connectivity index (χ0n) is 11.7. The molecule has 0 aromatic rings. The van der Waals surface area contributed by atoms with Gasteiger partial charge in [-0.15, -0.1) is 0 Å². The van der Waals surface area contributed by atoms with Crippen molar-refractivity contribution >= 4 is 17.7 Å². The number of amides is 1. The molecule has 5 heteroatoms. The van der Waals surface area contributed by atoms with Crippen LogP contribution in [-0.2, 0) is 19.1 Å². The largest absolute Gasteiger partial charge is 0.468 e. The Balaban J connectivity index is 4.64. The molecule has 0 N–H and O–H groups in total. The average Bonchev–Trinajstić information content (AvgIpc) is 2.33. The van der Waals surface area contributed by atoms with Crippen LogP contribution in [0, 0.1) is 5.92 Å². The summed E-state index contributed by atoms with van der Waals surface area (Å²) in [6, 6.07) is 0. The van der Waals surface area contributed by atoms with Gasteiger partial charge >= 0.3 is 5.97 Å². The van der Waals surface area contributed by atoms with Gasteiger partial charge in [-0.05, 0) is 12.8 Å². The second kappa shape index (κ2) is 8.66. The predicted octanol–water partition coefficient (Wildman–Crippen LogP) is 1.40. The molecule has 0 aliphatic rings. The maximum atomic E-state index is 11.9. The molecule has 0 aromatic heterocycles. The summed E-state index contributed by atoms with van der Waals surface area (Å²) >= 11 is 0. The highest BCUT2D eigenvalue weighted by Crippen LogP contribution is 2.11. The van der Waals surface area contributed by atoms with Gasteiger partial charge in [-0.2, -0.15) is 0 Å². The Hall–Kier alpha value is -1.39. The highest BCUT2D eigenvalue weighted by Gasteiger charge is 2.21. The van der Waals surface area contributed by atoms with Crippen LogP contribution in [0.5, 0.6) is 0 Å². The van der Waals surface area contributed by atoms with Crippen molar-refractivity contribution in [3.05, 3.63) is 0 Å². The fourth-order valence-electron chi connectivity index (χ4n) is 1.66. The first-order valence-electron chi connectivity index (χ1n) is 6.28. The second-order valence-corrected chi connectivity index (χ2v) is 4.41. The van der Waals surface area contributed by atoms with E-state index in [0.29, 0.717) is 12.5 Å². The fourth-order valence-corrected chi connectivity index (χ4v) is 1.66. The Morgan fingerprint density at radius 1 is 1.17 bits per heavy atom. The van der Waals surface area contributed by atoms with E-state index >= 15 is 0 Å². The molecule has 0 radical (unpaired) electrons. The van der Waals surface area contributed by atoms with E-state index < -0.39 is 5.97 Å². The van der Waals surface area contributed by atoms with Crippen molar-refractivity contribution in [2.75, 3.05) is 20.2 Å². The number of hydrogen-bond donors (Lipinski definition) is 0. The molecule has 1 amide bonds. The third kappa shape index (κ3) is 6.37. The van der Waals surface area contributed by atoms with E-state index in [4.69, 9.17) is 0 Å². The van der Waals surface area contributed by atoms with E-state index in [2.05, 4.69) is 4.74 Å². The molecule has 0 bridgehead atoms. The monoisotopic (exact) mass is 257 g/mol. The lowest BCUT2D eigenvalue weighted by Gasteiger charge is -2.25. The van der Waals surface area contributed by atoms with E-state index in [1.807, 2.05) is 13.8 Å². The van der Waals surface area contributed by atoms with Gasteiger partial charge in [0.05, 0.1) is 13.5 Å². The summed E-state index contributed by atoms with van der Waals surface area (Å²) in [7, 11) is 1.28. The van der Waals surface area contributed by atoms with Crippen LogP contribution < -0.4 is 0 Å². The highest BCUT2D eigenvalue weighted by molar-refractivity contribution is 5.97. The maximum Gasteiger partial charge on any atom is 0.325 e. The number of esters is 1. The molecule has 0 unspecified atom stereocenters. The standard InChI is InChI=1S/C13H23NO4/c1-5-11(6-2)8-14(9-13(17)18-4)12(16)7-10(3)15/h11H,5-9H2,1-4H3. The molecular weight excluding hydrogens is 234 g/mol. The van der Waals surface area contributed by atoms with Crippen molar-refractivity contribution in [1.29, 1.82) is 0 Å². The van der Waals surface area contributed by atoms with Crippen LogP contribution in [0.25, 0.3) is 0 Å². The van der Waals surface area contributed by atoms with E-state index in [-0.39, 0.29) is 24.7 Å². The van der Waals surface area contributed by atoms with Gasteiger partial charge in [-0.1, -0.05) is 26.7 Å². The second-order valence-electron chi connectivity index (χ2n) is 4.41. The van der Waals surface area contributed by atoms with Crippen LogP contribution in [0.4, 0.5) is 0 Å². The lowest BCUT2D eigenvalue weighted by molar-refractivity contribution is -0.148. The van der Waals surface area contributed by atoms with Gasteiger partial charge in [-0.25, -0.2) is 0 Å². The van der Waals surface area contributed by atoms with Crippen molar-refractivity contribution in [2.45, 2.75) is 40.0 Å².